The molecule has 3 aliphatic carbocycles. The van der Waals surface area contributed by atoms with Gasteiger partial charge >= 0.3 is 0 Å². The molecule has 4 fully saturated rings. The van der Waals surface area contributed by atoms with Crippen molar-refractivity contribution in [3.63, 3.8) is 0 Å². The van der Waals surface area contributed by atoms with Crippen LogP contribution in [0.4, 0.5) is 0 Å². The first-order valence-electron chi connectivity index (χ1n) is 13.4. The number of hydrogen-bond acceptors (Lipinski definition) is 6. The Labute approximate surface area is 206 Å². The normalized spacial score (nSPS) is 36.1. The number of ether oxygens (including phenoxy) is 4. The van der Waals surface area contributed by atoms with Crippen molar-refractivity contribution < 1.29 is 24.1 Å². The summed E-state index contributed by atoms with van der Waals surface area (Å²) >= 11 is 0. The molecule has 2 saturated carbocycles. The van der Waals surface area contributed by atoms with Gasteiger partial charge in [0.05, 0.1) is 24.2 Å². The summed E-state index contributed by atoms with van der Waals surface area (Å²) in [6.07, 6.45) is 5.33. The number of benzene rings is 2. The summed E-state index contributed by atoms with van der Waals surface area (Å²) in [4.78, 5) is 2.59. The minimum absolute atomic E-state index is 0.108. The zero-order chi connectivity index (χ0) is 23.3. The van der Waals surface area contributed by atoms with Crippen LogP contribution in [0.3, 0.4) is 0 Å². The van der Waals surface area contributed by atoms with E-state index in [0.717, 1.165) is 54.5 Å². The molecule has 2 spiro atoms. The number of piperidine rings is 1. The Kier molecular flexibility index (Phi) is 4.34. The molecule has 3 heterocycles. The maximum absolute atomic E-state index is 12.7. The number of likely N-dealkylation sites (tertiary alicyclic amines) is 1. The van der Waals surface area contributed by atoms with Gasteiger partial charge in [-0.3, -0.25) is 4.90 Å². The summed E-state index contributed by atoms with van der Waals surface area (Å²) in [5, 5.41) is 12.7. The van der Waals surface area contributed by atoms with Gasteiger partial charge in [0, 0.05) is 24.6 Å². The molecule has 8 rings (SSSR count). The second kappa shape index (κ2) is 7.22. The average molecular weight is 476 g/mol. The van der Waals surface area contributed by atoms with E-state index in [9.17, 15) is 5.11 Å². The van der Waals surface area contributed by atoms with Gasteiger partial charge in [0.15, 0.2) is 17.6 Å². The summed E-state index contributed by atoms with van der Waals surface area (Å²) in [7, 11) is 0. The fraction of sp³-hybridized carbons (Fsp3) is 0.586. The Morgan fingerprint density at radius 1 is 1.00 bits per heavy atom. The lowest BCUT2D eigenvalue weighted by Crippen LogP contribution is -2.79. The van der Waals surface area contributed by atoms with E-state index in [1.54, 1.807) is 0 Å². The molecule has 35 heavy (non-hydrogen) atoms. The molecule has 2 aromatic carbocycles. The molecular formula is C29H33NO5. The van der Waals surface area contributed by atoms with Gasteiger partial charge in [-0.05, 0) is 61.8 Å². The van der Waals surface area contributed by atoms with Crippen LogP contribution in [0.2, 0.25) is 0 Å². The summed E-state index contributed by atoms with van der Waals surface area (Å²) in [5.74, 6) is 1.56. The SMILES string of the molecule is O[C@@]12CCC3(OCCO3)[C@@H]3Oc4c(OCc5ccccc5)ccc5c4[C@@]31CCN(CC1CC1)[C@@H]2C5. The average Bonchev–Trinajstić information content (AvgIpc) is 3.43. The van der Waals surface area contributed by atoms with Crippen LogP contribution in [0.25, 0.3) is 0 Å². The lowest BCUT2D eigenvalue weighted by molar-refractivity contribution is -0.297. The molecule has 0 radical (unpaired) electrons. The van der Waals surface area contributed by atoms with Crippen LogP contribution in [0.5, 0.6) is 11.5 Å². The molecule has 6 nitrogen and oxygen atoms in total. The van der Waals surface area contributed by atoms with E-state index < -0.39 is 16.8 Å². The number of rotatable bonds is 5. The first-order valence-corrected chi connectivity index (χ1v) is 13.4. The van der Waals surface area contributed by atoms with Crippen molar-refractivity contribution in [2.24, 2.45) is 5.92 Å². The summed E-state index contributed by atoms with van der Waals surface area (Å²) in [5.41, 5.74) is 2.18. The molecule has 0 amide bonds. The van der Waals surface area contributed by atoms with E-state index in [1.807, 2.05) is 18.2 Å². The van der Waals surface area contributed by atoms with Crippen LogP contribution in [-0.2, 0) is 27.9 Å². The number of fused-ring (bicyclic) bond motifs is 1. The Morgan fingerprint density at radius 3 is 2.63 bits per heavy atom. The fourth-order valence-electron chi connectivity index (χ4n) is 8.04. The topological polar surface area (TPSA) is 60.4 Å². The molecule has 1 N–H and O–H groups in total. The molecule has 2 saturated heterocycles. The second-order valence-electron chi connectivity index (χ2n) is 11.5. The van der Waals surface area contributed by atoms with Crippen LogP contribution in [0.1, 0.15) is 48.8 Å². The molecule has 3 aliphatic heterocycles. The van der Waals surface area contributed by atoms with Gasteiger partial charge in [0.2, 0.25) is 5.79 Å². The van der Waals surface area contributed by atoms with Crippen molar-refractivity contribution in [2.45, 2.75) is 74.1 Å². The van der Waals surface area contributed by atoms with E-state index in [1.165, 1.54) is 18.4 Å². The monoisotopic (exact) mass is 475 g/mol. The maximum Gasteiger partial charge on any atom is 0.207 e. The van der Waals surface area contributed by atoms with Gasteiger partial charge in [-0.1, -0.05) is 36.4 Å². The van der Waals surface area contributed by atoms with E-state index in [4.69, 9.17) is 18.9 Å². The van der Waals surface area contributed by atoms with Crippen LogP contribution >= 0.6 is 0 Å². The van der Waals surface area contributed by atoms with Crippen molar-refractivity contribution in [3.8, 4) is 11.5 Å². The molecule has 6 aliphatic rings. The first kappa shape index (κ1) is 21.0. The third-order valence-electron chi connectivity index (χ3n) is 9.77. The smallest absolute Gasteiger partial charge is 0.207 e. The van der Waals surface area contributed by atoms with Crippen molar-refractivity contribution in [3.05, 3.63) is 59.2 Å². The Hall–Kier alpha value is -2.12. The lowest BCUT2D eigenvalue weighted by atomic mass is 9.48. The maximum atomic E-state index is 12.7. The highest BCUT2D eigenvalue weighted by molar-refractivity contribution is 5.63. The molecule has 184 valence electrons. The minimum atomic E-state index is -0.859. The van der Waals surface area contributed by atoms with E-state index in [2.05, 4.69) is 29.2 Å². The van der Waals surface area contributed by atoms with Gasteiger partial charge in [-0.25, -0.2) is 0 Å². The number of nitrogens with zero attached hydrogens (tertiary/aromatic N) is 1. The summed E-state index contributed by atoms with van der Waals surface area (Å²) in [6.45, 7) is 3.72. The Balaban J connectivity index is 1.25. The molecule has 0 unspecified atom stereocenters. The third kappa shape index (κ3) is 2.74. The predicted octanol–water partition coefficient (Wildman–Crippen LogP) is 3.57. The standard InChI is InChI=1S/C29H33NO5/c31-28-10-11-29(33-14-15-34-29)26-27(28)12-13-30(17-19-6-7-19)23(28)16-21-8-9-22(25(35-26)24(21)27)32-18-20-4-2-1-3-5-20/h1-5,8-9,19,23,26,31H,6-7,10-18H2/t23-,26-,27+,28-/m1/s1. The molecule has 4 atom stereocenters. The van der Waals surface area contributed by atoms with Crippen molar-refractivity contribution in [1.82, 2.24) is 4.90 Å². The highest BCUT2D eigenvalue weighted by Gasteiger charge is 2.77. The fourth-order valence-corrected chi connectivity index (χ4v) is 8.04. The van der Waals surface area contributed by atoms with Crippen molar-refractivity contribution in [2.75, 3.05) is 26.3 Å². The van der Waals surface area contributed by atoms with Crippen molar-refractivity contribution in [1.29, 1.82) is 0 Å². The molecule has 0 aromatic heterocycles. The molecule has 2 bridgehead atoms. The zero-order valence-electron chi connectivity index (χ0n) is 20.1. The van der Waals surface area contributed by atoms with Crippen molar-refractivity contribution >= 4 is 0 Å². The lowest BCUT2D eigenvalue weighted by Gasteiger charge is -2.65. The number of aliphatic hydroxyl groups is 1. The van der Waals surface area contributed by atoms with E-state index in [-0.39, 0.29) is 12.1 Å². The second-order valence-corrected chi connectivity index (χ2v) is 11.5. The van der Waals surface area contributed by atoms with Crippen LogP contribution in [0.15, 0.2) is 42.5 Å². The largest absolute Gasteiger partial charge is 0.485 e. The predicted molar refractivity (Wildman–Crippen MR) is 129 cm³/mol. The van der Waals surface area contributed by atoms with Crippen LogP contribution in [0, 0.1) is 5.92 Å². The van der Waals surface area contributed by atoms with E-state index in [0.29, 0.717) is 32.7 Å². The van der Waals surface area contributed by atoms with Gasteiger partial charge in [0.25, 0.3) is 0 Å². The van der Waals surface area contributed by atoms with Crippen LogP contribution < -0.4 is 9.47 Å². The third-order valence-corrected chi connectivity index (χ3v) is 9.77. The van der Waals surface area contributed by atoms with Gasteiger partial charge < -0.3 is 24.1 Å². The minimum Gasteiger partial charge on any atom is -0.485 e. The highest BCUT2D eigenvalue weighted by atomic mass is 16.8. The van der Waals surface area contributed by atoms with Gasteiger partial charge in [-0.2, -0.15) is 0 Å². The quantitative estimate of drug-likeness (QED) is 0.714. The summed E-state index contributed by atoms with van der Waals surface area (Å²) in [6, 6.07) is 14.6. The van der Waals surface area contributed by atoms with Gasteiger partial charge in [0.1, 0.15) is 6.61 Å². The van der Waals surface area contributed by atoms with Gasteiger partial charge in [-0.15, -0.1) is 0 Å². The molecular weight excluding hydrogens is 442 g/mol. The summed E-state index contributed by atoms with van der Waals surface area (Å²) < 4.78 is 25.9. The number of hydrogen-bond donors (Lipinski definition) is 1. The molecule has 2 aromatic rings. The molecule has 6 heteroatoms. The Bertz CT molecular complexity index is 1160. The first-order chi connectivity index (χ1) is 17.1. The zero-order valence-corrected chi connectivity index (χ0v) is 20.1. The Morgan fingerprint density at radius 2 is 1.83 bits per heavy atom. The van der Waals surface area contributed by atoms with E-state index >= 15 is 0 Å². The highest BCUT2D eigenvalue weighted by Crippen LogP contribution is 2.68. The van der Waals surface area contributed by atoms with Crippen LogP contribution in [-0.4, -0.2) is 59.8 Å².